The van der Waals surface area contributed by atoms with Gasteiger partial charge in [-0.1, -0.05) is 61.5 Å². The Morgan fingerprint density at radius 2 is 1.68 bits per heavy atom. The van der Waals surface area contributed by atoms with E-state index < -0.39 is 10.0 Å². The fourth-order valence-electron chi connectivity index (χ4n) is 4.90. The molecule has 10 nitrogen and oxygen atoms in total. The molecule has 1 aromatic heterocycles. The second-order valence-electron chi connectivity index (χ2n) is 9.68. The van der Waals surface area contributed by atoms with Crippen LogP contribution in [-0.2, 0) is 29.4 Å². The molecule has 0 radical (unpaired) electrons. The number of hydrogen-bond donors (Lipinski definition) is 3. The highest BCUT2D eigenvalue weighted by Crippen LogP contribution is 2.28. The molecule has 0 unspecified atom stereocenters. The quantitative estimate of drug-likeness (QED) is 0.0902. The summed E-state index contributed by atoms with van der Waals surface area (Å²) in [5.74, 6) is 0.852. The molecule has 0 fully saturated rings. The fraction of sp³-hybridized carbons (Fsp3) is 0.333. The van der Waals surface area contributed by atoms with Gasteiger partial charge in [-0.25, -0.2) is 13.4 Å². The minimum atomic E-state index is -3.81. The average molecular weight is 579 g/mol. The molecule has 4 aromatic rings. The number of rotatable bonds is 14. The van der Waals surface area contributed by atoms with Crippen molar-refractivity contribution in [2.75, 3.05) is 37.1 Å². The third kappa shape index (κ3) is 6.87. The van der Waals surface area contributed by atoms with Gasteiger partial charge >= 0.3 is 0 Å². The third-order valence-electron chi connectivity index (χ3n) is 7.26. The van der Waals surface area contributed by atoms with Gasteiger partial charge in [-0.2, -0.15) is 0 Å². The maximum atomic E-state index is 13.8. The molecule has 4 N–H and O–H groups in total. The molecular formula is C30H38N6O4S. The number of oxime groups is 1. The van der Waals surface area contributed by atoms with E-state index in [0.29, 0.717) is 49.2 Å². The van der Waals surface area contributed by atoms with Crippen molar-refractivity contribution in [2.45, 2.75) is 38.1 Å². The Bertz CT molecular complexity index is 1570. The Labute approximate surface area is 241 Å². The lowest BCUT2D eigenvalue weighted by atomic mass is 10.1. The first-order valence-electron chi connectivity index (χ1n) is 13.8. The number of nitrogens with zero attached hydrogens (tertiary/aromatic N) is 5. The number of likely N-dealkylation sites (N-methyl/N-ethyl adjacent to an activating group) is 1. The van der Waals surface area contributed by atoms with Crippen molar-refractivity contribution in [1.29, 1.82) is 0 Å². The van der Waals surface area contributed by atoms with Crippen molar-refractivity contribution >= 4 is 32.6 Å². The average Bonchev–Trinajstić information content (AvgIpc) is 3.35. The molecule has 0 aliphatic heterocycles. The third-order valence-corrected chi connectivity index (χ3v) is 9.10. The molecule has 0 bridgehead atoms. The summed E-state index contributed by atoms with van der Waals surface area (Å²) < 4.78 is 31.0. The summed E-state index contributed by atoms with van der Waals surface area (Å²) in [6.07, 6.45) is 1.30. The lowest BCUT2D eigenvalue weighted by Crippen LogP contribution is -2.38. The van der Waals surface area contributed by atoms with Crippen LogP contribution in [0.1, 0.15) is 30.8 Å². The summed E-state index contributed by atoms with van der Waals surface area (Å²) in [5.41, 5.74) is 9.41. The van der Waals surface area contributed by atoms with E-state index in [1.54, 1.807) is 42.5 Å². The van der Waals surface area contributed by atoms with E-state index in [-0.39, 0.29) is 17.3 Å². The van der Waals surface area contributed by atoms with E-state index >= 15 is 0 Å². The number of aryl methyl sites for hydroxylation is 2. The molecule has 41 heavy (non-hydrogen) atoms. The Balaban J connectivity index is 1.67. The van der Waals surface area contributed by atoms with Crippen molar-refractivity contribution in [1.82, 2.24) is 14.5 Å². The molecule has 0 saturated heterocycles. The van der Waals surface area contributed by atoms with Crippen LogP contribution in [0.15, 0.2) is 82.8 Å². The van der Waals surface area contributed by atoms with Crippen molar-refractivity contribution < 1.29 is 18.7 Å². The van der Waals surface area contributed by atoms with Gasteiger partial charge in [0.25, 0.3) is 10.0 Å². The predicted molar refractivity (Wildman–Crippen MR) is 162 cm³/mol. The Morgan fingerprint density at radius 3 is 2.32 bits per heavy atom. The standard InChI is InChI=1S/C30H38N6O4S/c1-3-34(4-2)18-19-36(41(39,40)26-8-6-5-7-9-26)25-15-16-28-27(22-25)32-29(35(28)20-21-37)17-12-23-10-13-24(14-11-23)30(31)33-38/h5-11,13-16,22,37-38H,3-4,12,17-21H2,1-2H3,(H2,31,33). The van der Waals surface area contributed by atoms with Gasteiger partial charge in [0.15, 0.2) is 5.84 Å². The highest BCUT2D eigenvalue weighted by atomic mass is 32.2. The molecular weight excluding hydrogens is 540 g/mol. The molecule has 218 valence electrons. The molecule has 3 aromatic carbocycles. The number of benzene rings is 3. The van der Waals surface area contributed by atoms with E-state index in [1.165, 1.54) is 4.31 Å². The number of anilines is 1. The topological polar surface area (TPSA) is 137 Å². The summed E-state index contributed by atoms with van der Waals surface area (Å²) in [7, 11) is -3.81. The summed E-state index contributed by atoms with van der Waals surface area (Å²) in [5, 5.41) is 21.7. The first kappa shape index (κ1) is 30.0. The zero-order chi connectivity index (χ0) is 29.4. The zero-order valence-corrected chi connectivity index (χ0v) is 24.3. The van der Waals surface area contributed by atoms with Crippen LogP contribution in [0.3, 0.4) is 0 Å². The molecule has 0 amide bonds. The lowest BCUT2D eigenvalue weighted by Gasteiger charge is -2.27. The van der Waals surface area contributed by atoms with Gasteiger partial charge < -0.3 is 25.5 Å². The minimum Gasteiger partial charge on any atom is -0.409 e. The van der Waals surface area contributed by atoms with E-state index in [2.05, 4.69) is 23.9 Å². The summed E-state index contributed by atoms with van der Waals surface area (Å²) in [4.78, 5) is 7.31. The second kappa shape index (κ2) is 13.6. The maximum Gasteiger partial charge on any atom is 0.264 e. The van der Waals surface area contributed by atoms with Crippen LogP contribution in [-0.4, -0.2) is 71.8 Å². The fourth-order valence-corrected chi connectivity index (χ4v) is 6.37. The normalized spacial score (nSPS) is 12.3. The number of nitrogens with two attached hydrogens (primary N) is 1. The number of aliphatic hydroxyl groups excluding tert-OH is 1. The van der Waals surface area contributed by atoms with E-state index in [9.17, 15) is 13.5 Å². The van der Waals surface area contributed by atoms with Crippen molar-refractivity contribution in [3.63, 3.8) is 0 Å². The lowest BCUT2D eigenvalue weighted by molar-refractivity contribution is 0.276. The van der Waals surface area contributed by atoms with Gasteiger partial charge in [-0.05, 0) is 55.4 Å². The molecule has 0 atom stereocenters. The molecule has 1 heterocycles. The van der Waals surface area contributed by atoms with E-state index in [4.69, 9.17) is 15.9 Å². The number of imidazole rings is 1. The van der Waals surface area contributed by atoms with Crippen LogP contribution >= 0.6 is 0 Å². The predicted octanol–water partition coefficient (Wildman–Crippen LogP) is 3.45. The Hall–Kier alpha value is -3.93. The number of aliphatic hydroxyl groups is 1. The van der Waals surface area contributed by atoms with Gasteiger partial charge in [-0.3, -0.25) is 4.31 Å². The van der Waals surface area contributed by atoms with Gasteiger partial charge in [0, 0.05) is 31.6 Å². The van der Waals surface area contributed by atoms with Crippen molar-refractivity contribution in [3.8, 4) is 0 Å². The first-order chi connectivity index (χ1) is 19.8. The number of aromatic nitrogens is 2. The Kier molecular flexibility index (Phi) is 9.98. The first-order valence-corrected chi connectivity index (χ1v) is 15.2. The molecule has 11 heteroatoms. The van der Waals surface area contributed by atoms with Crippen LogP contribution < -0.4 is 10.0 Å². The van der Waals surface area contributed by atoms with Crippen LogP contribution in [0.2, 0.25) is 0 Å². The zero-order valence-electron chi connectivity index (χ0n) is 23.5. The smallest absolute Gasteiger partial charge is 0.264 e. The van der Waals surface area contributed by atoms with Gasteiger partial charge in [-0.15, -0.1) is 0 Å². The van der Waals surface area contributed by atoms with Crippen molar-refractivity contribution in [3.05, 3.63) is 89.7 Å². The summed E-state index contributed by atoms with van der Waals surface area (Å²) in [6.45, 7) is 7.01. The molecule has 0 aliphatic rings. The van der Waals surface area contributed by atoms with E-state index in [1.807, 2.05) is 34.9 Å². The number of amidine groups is 1. The number of sulfonamides is 1. The number of fused-ring (bicyclic) bond motifs is 1. The largest absolute Gasteiger partial charge is 0.409 e. The van der Waals surface area contributed by atoms with Crippen molar-refractivity contribution in [2.24, 2.45) is 10.9 Å². The Morgan fingerprint density at radius 1 is 0.976 bits per heavy atom. The number of hydrogen-bond acceptors (Lipinski definition) is 7. The highest BCUT2D eigenvalue weighted by molar-refractivity contribution is 7.92. The van der Waals surface area contributed by atoms with Crippen LogP contribution in [0.25, 0.3) is 11.0 Å². The summed E-state index contributed by atoms with van der Waals surface area (Å²) in [6, 6.07) is 21.4. The van der Waals surface area contributed by atoms with Crippen LogP contribution in [0, 0.1) is 0 Å². The minimum absolute atomic E-state index is 0.0486. The maximum absolute atomic E-state index is 13.8. The SMILES string of the molecule is CCN(CC)CCN(c1ccc2c(c1)nc(CCc1ccc(C(N)=NO)cc1)n2CCO)S(=O)(=O)c1ccccc1. The van der Waals surface area contributed by atoms with E-state index in [0.717, 1.165) is 30.0 Å². The second-order valence-corrected chi connectivity index (χ2v) is 11.5. The van der Waals surface area contributed by atoms with Gasteiger partial charge in [0.1, 0.15) is 5.82 Å². The monoisotopic (exact) mass is 578 g/mol. The van der Waals surface area contributed by atoms with Gasteiger partial charge in [0.2, 0.25) is 0 Å². The molecule has 0 aliphatic carbocycles. The highest BCUT2D eigenvalue weighted by Gasteiger charge is 2.26. The molecule has 0 spiro atoms. The van der Waals surface area contributed by atoms with Crippen LogP contribution in [0.4, 0.5) is 5.69 Å². The van der Waals surface area contributed by atoms with Gasteiger partial charge in [0.05, 0.1) is 28.2 Å². The van der Waals surface area contributed by atoms with Crippen LogP contribution in [0.5, 0.6) is 0 Å². The molecule has 0 saturated carbocycles. The summed E-state index contributed by atoms with van der Waals surface area (Å²) >= 11 is 0. The molecule has 4 rings (SSSR count).